The largest absolute Gasteiger partial charge is 0.481 e. The van der Waals surface area contributed by atoms with Gasteiger partial charge in [0.05, 0.1) is 5.69 Å². The molecule has 0 radical (unpaired) electrons. The molecular formula is C29H26F5NO2. The number of aromatic nitrogens is 1. The Morgan fingerprint density at radius 2 is 1.65 bits per heavy atom. The maximum absolute atomic E-state index is 15.2. The molecule has 37 heavy (non-hydrogen) atoms. The summed E-state index contributed by atoms with van der Waals surface area (Å²) in [5, 5.41) is 1.21. The molecule has 0 saturated carbocycles. The number of benzene rings is 3. The van der Waals surface area contributed by atoms with E-state index in [0.29, 0.717) is 36.0 Å². The molecule has 0 fully saturated rings. The van der Waals surface area contributed by atoms with Crippen molar-refractivity contribution in [3.8, 4) is 17.0 Å². The molecule has 3 aromatic carbocycles. The van der Waals surface area contributed by atoms with Crippen LogP contribution in [0.5, 0.6) is 5.75 Å². The van der Waals surface area contributed by atoms with Crippen LogP contribution in [0.2, 0.25) is 0 Å². The fourth-order valence-corrected chi connectivity index (χ4v) is 4.11. The van der Waals surface area contributed by atoms with E-state index in [1.807, 2.05) is 36.5 Å². The molecule has 0 spiro atoms. The second-order valence-electron chi connectivity index (χ2n) is 8.79. The van der Waals surface area contributed by atoms with Gasteiger partial charge < -0.3 is 9.47 Å². The average Bonchev–Trinajstić information content (AvgIpc) is 2.87. The van der Waals surface area contributed by atoms with Crippen molar-refractivity contribution in [1.29, 1.82) is 0 Å². The SMILES string of the molecule is COCCCc1ccc(-c2ccc3c(F)c(CCc4ccc(OCC(F)(F)F)c(F)c4)ccc3c2)nc1. The fraction of sp³-hybridized carbons (Fsp3) is 0.276. The van der Waals surface area contributed by atoms with E-state index in [2.05, 4.69) is 9.72 Å². The number of ether oxygens (including phenoxy) is 2. The van der Waals surface area contributed by atoms with Crippen LogP contribution in [0.1, 0.15) is 23.1 Å². The van der Waals surface area contributed by atoms with Crippen molar-refractivity contribution in [2.24, 2.45) is 0 Å². The molecule has 0 unspecified atom stereocenters. The normalized spacial score (nSPS) is 11.7. The Labute approximate surface area is 211 Å². The monoisotopic (exact) mass is 515 g/mol. The van der Waals surface area contributed by atoms with E-state index in [0.717, 1.165) is 47.2 Å². The van der Waals surface area contributed by atoms with Crippen LogP contribution < -0.4 is 4.74 Å². The Hall–Kier alpha value is -3.52. The first kappa shape index (κ1) is 26.5. The van der Waals surface area contributed by atoms with E-state index < -0.39 is 24.3 Å². The van der Waals surface area contributed by atoms with Gasteiger partial charge in [-0.15, -0.1) is 0 Å². The number of nitrogens with zero attached hydrogens (tertiary/aromatic N) is 1. The number of halogens is 5. The number of methoxy groups -OCH3 is 1. The first-order valence-electron chi connectivity index (χ1n) is 11.9. The molecule has 194 valence electrons. The van der Waals surface area contributed by atoms with Crippen molar-refractivity contribution in [1.82, 2.24) is 4.98 Å². The molecule has 4 rings (SSSR count). The zero-order valence-electron chi connectivity index (χ0n) is 20.2. The fourth-order valence-electron chi connectivity index (χ4n) is 4.11. The lowest BCUT2D eigenvalue weighted by molar-refractivity contribution is -0.153. The van der Waals surface area contributed by atoms with Gasteiger partial charge in [0.25, 0.3) is 0 Å². The second-order valence-corrected chi connectivity index (χ2v) is 8.79. The molecule has 8 heteroatoms. The highest BCUT2D eigenvalue weighted by Gasteiger charge is 2.29. The average molecular weight is 516 g/mol. The zero-order valence-corrected chi connectivity index (χ0v) is 20.2. The molecule has 1 aromatic heterocycles. The molecular weight excluding hydrogens is 489 g/mol. The topological polar surface area (TPSA) is 31.4 Å². The van der Waals surface area contributed by atoms with Gasteiger partial charge in [-0.2, -0.15) is 13.2 Å². The quantitative estimate of drug-likeness (QED) is 0.162. The van der Waals surface area contributed by atoms with E-state index in [-0.39, 0.29) is 5.82 Å². The van der Waals surface area contributed by atoms with Gasteiger partial charge in [0, 0.05) is 30.9 Å². The minimum Gasteiger partial charge on any atom is -0.481 e. The van der Waals surface area contributed by atoms with Crippen LogP contribution in [0, 0.1) is 11.6 Å². The molecule has 0 aliphatic heterocycles. The van der Waals surface area contributed by atoms with Gasteiger partial charge in [0.2, 0.25) is 0 Å². The molecule has 0 N–H and O–H groups in total. The van der Waals surface area contributed by atoms with Gasteiger partial charge in [-0.1, -0.05) is 36.4 Å². The minimum atomic E-state index is -4.55. The maximum Gasteiger partial charge on any atom is 0.422 e. The summed E-state index contributed by atoms with van der Waals surface area (Å²) in [4.78, 5) is 4.54. The van der Waals surface area contributed by atoms with Crippen molar-refractivity contribution >= 4 is 10.8 Å². The second kappa shape index (κ2) is 11.7. The third kappa shape index (κ3) is 7.04. The molecule has 3 nitrogen and oxygen atoms in total. The molecule has 0 amide bonds. The Kier molecular flexibility index (Phi) is 8.38. The van der Waals surface area contributed by atoms with Crippen molar-refractivity contribution in [3.05, 3.63) is 95.2 Å². The van der Waals surface area contributed by atoms with Crippen molar-refractivity contribution in [3.63, 3.8) is 0 Å². The molecule has 0 atom stereocenters. The molecule has 1 heterocycles. The Balaban J connectivity index is 1.44. The van der Waals surface area contributed by atoms with Gasteiger partial charge in [-0.05, 0) is 72.0 Å². The molecule has 0 aliphatic carbocycles. The summed E-state index contributed by atoms with van der Waals surface area (Å²) in [7, 11) is 1.68. The van der Waals surface area contributed by atoms with Crippen molar-refractivity contribution < 1.29 is 31.4 Å². The molecule has 4 aromatic rings. The Bertz CT molecular complexity index is 1350. The number of alkyl halides is 3. The number of pyridine rings is 1. The van der Waals surface area contributed by atoms with E-state index in [4.69, 9.17) is 4.74 Å². The van der Waals surface area contributed by atoms with Crippen molar-refractivity contribution in [2.75, 3.05) is 20.3 Å². The number of aryl methyl sites for hydroxylation is 3. The summed E-state index contributed by atoms with van der Waals surface area (Å²) in [6.07, 6.45) is -0.280. The lowest BCUT2D eigenvalue weighted by Crippen LogP contribution is -2.19. The van der Waals surface area contributed by atoms with Gasteiger partial charge in [0.1, 0.15) is 5.82 Å². The highest BCUT2D eigenvalue weighted by molar-refractivity contribution is 5.88. The lowest BCUT2D eigenvalue weighted by Gasteiger charge is -2.11. The summed E-state index contributed by atoms with van der Waals surface area (Å²) < 4.78 is 75.8. The summed E-state index contributed by atoms with van der Waals surface area (Å²) in [5.41, 5.74) is 3.80. The standard InChI is InChI=1S/C29H26F5NO2/c1-36-14-2-3-20-5-12-26(35-17-20)23-10-11-24-22(16-23)9-8-21(28(24)31)7-4-19-6-13-27(25(30)15-19)37-18-29(32,33)34/h5-6,8-13,15-17H,2-4,7,14,18H2,1H3. The predicted octanol–water partition coefficient (Wildman–Crippen LogP) is 7.49. The highest BCUT2D eigenvalue weighted by Crippen LogP contribution is 2.28. The van der Waals surface area contributed by atoms with E-state index in [1.165, 1.54) is 6.07 Å². The zero-order chi connectivity index (χ0) is 26.4. The van der Waals surface area contributed by atoms with Crippen LogP contribution in [0.25, 0.3) is 22.0 Å². The van der Waals surface area contributed by atoms with Crippen LogP contribution in [0.4, 0.5) is 22.0 Å². The molecule has 0 saturated heterocycles. The van der Waals surface area contributed by atoms with Crippen LogP contribution in [-0.2, 0) is 24.0 Å². The minimum absolute atomic E-state index is 0.303. The summed E-state index contributed by atoms with van der Waals surface area (Å²) >= 11 is 0. The summed E-state index contributed by atoms with van der Waals surface area (Å²) in [5.74, 6) is -1.70. The highest BCUT2D eigenvalue weighted by atomic mass is 19.4. The van der Waals surface area contributed by atoms with E-state index in [9.17, 15) is 17.6 Å². The molecule has 0 aliphatic rings. The van der Waals surface area contributed by atoms with Gasteiger partial charge in [-0.3, -0.25) is 4.98 Å². The van der Waals surface area contributed by atoms with Crippen LogP contribution in [-0.4, -0.2) is 31.5 Å². The third-order valence-corrected chi connectivity index (χ3v) is 6.04. The van der Waals surface area contributed by atoms with Gasteiger partial charge in [-0.25, -0.2) is 8.78 Å². The smallest absolute Gasteiger partial charge is 0.422 e. The van der Waals surface area contributed by atoms with E-state index >= 15 is 4.39 Å². The number of fused-ring (bicyclic) bond motifs is 1. The van der Waals surface area contributed by atoms with Gasteiger partial charge in [0.15, 0.2) is 18.2 Å². The summed E-state index contributed by atoms with van der Waals surface area (Å²) in [6.45, 7) is -0.868. The van der Waals surface area contributed by atoms with Crippen LogP contribution in [0.3, 0.4) is 0 Å². The maximum atomic E-state index is 15.2. The summed E-state index contributed by atoms with van der Waals surface area (Å²) in [6, 6.07) is 16.7. The first-order valence-corrected chi connectivity index (χ1v) is 11.9. The van der Waals surface area contributed by atoms with Crippen LogP contribution >= 0.6 is 0 Å². The lowest BCUT2D eigenvalue weighted by atomic mass is 9.98. The Morgan fingerprint density at radius 1 is 0.838 bits per heavy atom. The number of hydrogen-bond donors (Lipinski definition) is 0. The van der Waals surface area contributed by atoms with E-state index in [1.54, 1.807) is 19.2 Å². The first-order chi connectivity index (χ1) is 17.7. The number of hydrogen-bond acceptors (Lipinski definition) is 3. The Morgan fingerprint density at radius 3 is 2.35 bits per heavy atom. The van der Waals surface area contributed by atoms with Gasteiger partial charge >= 0.3 is 6.18 Å². The third-order valence-electron chi connectivity index (χ3n) is 6.04. The molecule has 0 bridgehead atoms. The van der Waals surface area contributed by atoms with Crippen molar-refractivity contribution in [2.45, 2.75) is 31.9 Å². The predicted molar refractivity (Wildman–Crippen MR) is 133 cm³/mol. The number of rotatable bonds is 10. The van der Waals surface area contributed by atoms with Crippen LogP contribution in [0.15, 0.2) is 66.9 Å².